The van der Waals surface area contributed by atoms with Crippen molar-refractivity contribution in [1.29, 1.82) is 0 Å². The second-order valence-electron chi connectivity index (χ2n) is 6.26. The lowest BCUT2D eigenvalue weighted by molar-refractivity contribution is -0.128. The Labute approximate surface area is 156 Å². The third kappa shape index (κ3) is 4.25. The van der Waals surface area contributed by atoms with Gasteiger partial charge in [-0.25, -0.2) is 4.79 Å². The highest BCUT2D eigenvalue weighted by Gasteiger charge is 2.33. The van der Waals surface area contributed by atoms with Crippen LogP contribution in [0.5, 0.6) is 5.75 Å². The minimum absolute atomic E-state index is 0.0224. The highest BCUT2D eigenvalue weighted by molar-refractivity contribution is 6.04. The second kappa shape index (κ2) is 7.90. The topological polar surface area (TPSA) is 95.9 Å². The Bertz CT molecular complexity index is 866. The fourth-order valence-corrected chi connectivity index (χ4v) is 2.89. The maximum Gasteiger partial charge on any atom is 0.335 e. The van der Waals surface area contributed by atoms with Crippen molar-refractivity contribution in [1.82, 2.24) is 5.32 Å². The summed E-state index contributed by atoms with van der Waals surface area (Å²) in [6.45, 7) is 1.84. The lowest BCUT2D eigenvalue weighted by Crippen LogP contribution is -2.49. The molecular weight excluding hydrogens is 348 g/mol. The Hall–Kier alpha value is -3.35. The van der Waals surface area contributed by atoms with E-state index in [1.54, 1.807) is 6.92 Å². The minimum atomic E-state index is -1.11. The molecule has 0 spiro atoms. The number of hydrogen-bond donors (Lipinski definition) is 2. The Kier molecular flexibility index (Phi) is 5.40. The summed E-state index contributed by atoms with van der Waals surface area (Å²) in [4.78, 5) is 37.3. The first-order valence-electron chi connectivity index (χ1n) is 8.61. The largest absolute Gasteiger partial charge is 0.479 e. The van der Waals surface area contributed by atoms with Crippen molar-refractivity contribution in [3.05, 3.63) is 59.7 Å². The number of aromatic carboxylic acids is 1. The number of nitrogens with one attached hydrogen (secondary N) is 1. The molecule has 1 aliphatic rings. The van der Waals surface area contributed by atoms with Gasteiger partial charge in [-0.2, -0.15) is 0 Å². The van der Waals surface area contributed by atoms with Gasteiger partial charge in [0, 0.05) is 6.54 Å². The number of carbonyl (C=O) groups is 3. The average molecular weight is 368 g/mol. The van der Waals surface area contributed by atoms with Crippen molar-refractivity contribution in [2.24, 2.45) is 0 Å². The van der Waals surface area contributed by atoms with Gasteiger partial charge in [-0.3, -0.25) is 14.5 Å². The van der Waals surface area contributed by atoms with Crippen LogP contribution < -0.4 is 15.0 Å². The molecule has 27 heavy (non-hydrogen) atoms. The SMILES string of the molecule is CC1Oc2ccc(C(=O)O)cc2N(CC(=O)NCCc2ccccc2)C1=O. The first kappa shape index (κ1) is 18.4. The molecular formula is C20H20N2O5. The molecule has 1 aliphatic heterocycles. The van der Waals surface area contributed by atoms with Crippen molar-refractivity contribution >= 4 is 23.5 Å². The molecule has 1 heterocycles. The lowest BCUT2D eigenvalue weighted by atomic mass is 10.1. The van der Waals surface area contributed by atoms with Crippen LogP contribution in [0.3, 0.4) is 0 Å². The molecule has 1 unspecified atom stereocenters. The average Bonchev–Trinajstić information content (AvgIpc) is 2.66. The molecule has 0 aliphatic carbocycles. The first-order valence-corrected chi connectivity index (χ1v) is 8.61. The van der Waals surface area contributed by atoms with Gasteiger partial charge in [-0.1, -0.05) is 30.3 Å². The smallest absolute Gasteiger partial charge is 0.335 e. The van der Waals surface area contributed by atoms with Gasteiger partial charge in [0.15, 0.2) is 6.10 Å². The Morgan fingerprint density at radius 3 is 2.63 bits per heavy atom. The number of fused-ring (bicyclic) bond motifs is 1. The number of nitrogens with zero attached hydrogens (tertiary/aromatic N) is 1. The maximum atomic E-state index is 12.5. The van der Waals surface area contributed by atoms with E-state index in [1.807, 2.05) is 30.3 Å². The summed E-state index contributed by atoms with van der Waals surface area (Å²) in [6, 6.07) is 14.0. The highest BCUT2D eigenvalue weighted by atomic mass is 16.5. The van der Waals surface area contributed by atoms with Crippen LogP contribution >= 0.6 is 0 Å². The quantitative estimate of drug-likeness (QED) is 0.811. The molecule has 0 saturated heterocycles. The van der Waals surface area contributed by atoms with E-state index in [0.717, 1.165) is 5.56 Å². The molecule has 0 aromatic heterocycles. The van der Waals surface area contributed by atoms with Gasteiger partial charge in [0.05, 0.1) is 11.3 Å². The number of benzene rings is 2. The molecule has 7 heteroatoms. The number of carbonyl (C=O) groups excluding carboxylic acids is 2. The van der Waals surface area contributed by atoms with Crippen LogP contribution in [0.25, 0.3) is 0 Å². The van der Waals surface area contributed by atoms with Crippen LogP contribution in [0.1, 0.15) is 22.8 Å². The van der Waals surface area contributed by atoms with Crippen LogP contribution in [0, 0.1) is 0 Å². The zero-order chi connectivity index (χ0) is 19.4. The zero-order valence-corrected chi connectivity index (χ0v) is 14.8. The Morgan fingerprint density at radius 1 is 1.19 bits per heavy atom. The van der Waals surface area contributed by atoms with Gasteiger partial charge >= 0.3 is 5.97 Å². The summed E-state index contributed by atoms with van der Waals surface area (Å²) < 4.78 is 5.51. The van der Waals surface area contributed by atoms with Crippen LogP contribution in [0.2, 0.25) is 0 Å². The van der Waals surface area contributed by atoms with Crippen molar-refractivity contribution in [2.45, 2.75) is 19.4 Å². The second-order valence-corrected chi connectivity index (χ2v) is 6.26. The predicted octanol–water partition coefficient (Wildman–Crippen LogP) is 1.86. The third-order valence-corrected chi connectivity index (χ3v) is 4.29. The fraction of sp³-hybridized carbons (Fsp3) is 0.250. The fourth-order valence-electron chi connectivity index (χ4n) is 2.89. The van der Waals surface area contributed by atoms with Gasteiger partial charge in [0.2, 0.25) is 5.91 Å². The molecule has 0 fully saturated rings. The van der Waals surface area contributed by atoms with E-state index in [2.05, 4.69) is 5.32 Å². The van der Waals surface area contributed by atoms with E-state index < -0.39 is 12.1 Å². The molecule has 2 amide bonds. The molecule has 0 bridgehead atoms. The molecule has 2 N–H and O–H groups in total. The van der Waals surface area contributed by atoms with E-state index in [-0.39, 0.29) is 29.6 Å². The van der Waals surface area contributed by atoms with Gasteiger partial charge in [-0.15, -0.1) is 0 Å². The van der Waals surface area contributed by atoms with Crippen molar-refractivity contribution in [2.75, 3.05) is 18.0 Å². The van der Waals surface area contributed by atoms with E-state index in [4.69, 9.17) is 4.74 Å². The lowest BCUT2D eigenvalue weighted by Gasteiger charge is -2.32. The van der Waals surface area contributed by atoms with Gasteiger partial charge in [0.25, 0.3) is 5.91 Å². The number of ether oxygens (including phenoxy) is 1. The number of rotatable bonds is 6. The van der Waals surface area contributed by atoms with Crippen LogP contribution in [0.4, 0.5) is 5.69 Å². The van der Waals surface area contributed by atoms with E-state index in [0.29, 0.717) is 18.7 Å². The summed E-state index contributed by atoms with van der Waals surface area (Å²) >= 11 is 0. The van der Waals surface area contributed by atoms with E-state index >= 15 is 0 Å². The number of carboxylic acids is 1. The number of anilines is 1. The Balaban J connectivity index is 1.69. The predicted molar refractivity (Wildman–Crippen MR) is 99.0 cm³/mol. The molecule has 3 rings (SSSR count). The normalized spacial score (nSPS) is 15.7. The van der Waals surface area contributed by atoms with Crippen LogP contribution in [-0.4, -0.2) is 42.1 Å². The van der Waals surface area contributed by atoms with E-state index in [1.165, 1.54) is 23.1 Å². The Morgan fingerprint density at radius 2 is 1.93 bits per heavy atom. The maximum absolute atomic E-state index is 12.5. The van der Waals surface area contributed by atoms with Gasteiger partial charge < -0.3 is 15.2 Å². The van der Waals surface area contributed by atoms with Gasteiger partial charge in [-0.05, 0) is 37.1 Å². The summed E-state index contributed by atoms with van der Waals surface area (Å²) in [5, 5.41) is 12.0. The first-order chi connectivity index (χ1) is 13.0. The molecule has 1 atom stereocenters. The third-order valence-electron chi connectivity index (χ3n) is 4.29. The molecule has 0 radical (unpaired) electrons. The molecule has 2 aromatic carbocycles. The van der Waals surface area contributed by atoms with Crippen molar-refractivity contribution in [3.63, 3.8) is 0 Å². The summed E-state index contributed by atoms with van der Waals surface area (Å²) in [6.07, 6.45) is -0.0647. The molecule has 0 saturated carbocycles. The molecule has 7 nitrogen and oxygen atoms in total. The number of amides is 2. The summed E-state index contributed by atoms with van der Waals surface area (Å²) in [5.41, 5.74) is 1.41. The van der Waals surface area contributed by atoms with Crippen LogP contribution in [-0.2, 0) is 16.0 Å². The van der Waals surface area contributed by atoms with Crippen molar-refractivity contribution in [3.8, 4) is 5.75 Å². The minimum Gasteiger partial charge on any atom is -0.479 e. The molecule has 2 aromatic rings. The van der Waals surface area contributed by atoms with Gasteiger partial charge in [0.1, 0.15) is 12.3 Å². The zero-order valence-electron chi connectivity index (χ0n) is 14.8. The monoisotopic (exact) mass is 368 g/mol. The van der Waals surface area contributed by atoms with Crippen molar-refractivity contribution < 1.29 is 24.2 Å². The number of carboxylic acid groups (broad SMARTS) is 1. The summed E-state index contributed by atoms with van der Waals surface area (Å²) in [7, 11) is 0. The van der Waals surface area contributed by atoms with Crippen LogP contribution in [0.15, 0.2) is 48.5 Å². The standard InChI is InChI=1S/C20H20N2O5/c1-13-19(24)22(16-11-15(20(25)26)7-8-17(16)27-13)12-18(23)21-10-9-14-5-3-2-4-6-14/h2-8,11,13H,9-10,12H2,1H3,(H,21,23)(H,25,26). The molecule has 140 valence electrons. The van der Waals surface area contributed by atoms with E-state index in [9.17, 15) is 19.5 Å². The summed E-state index contributed by atoms with van der Waals surface area (Å²) in [5.74, 6) is -1.44. The highest BCUT2D eigenvalue weighted by Crippen LogP contribution is 2.34. The number of hydrogen-bond acceptors (Lipinski definition) is 4.